The van der Waals surface area contributed by atoms with E-state index in [1.165, 1.54) is 44.9 Å². The van der Waals surface area contributed by atoms with Gasteiger partial charge in [-0.05, 0) is 19.3 Å². The SMILES string of the molecule is CCCCCCCCCC1(O)CC(N)C1. The van der Waals surface area contributed by atoms with E-state index in [0.29, 0.717) is 0 Å². The molecular weight excluding hydrogens is 186 g/mol. The van der Waals surface area contributed by atoms with Crippen LogP contribution < -0.4 is 5.73 Å². The molecule has 2 nitrogen and oxygen atoms in total. The lowest BCUT2D eigenvalue weighted by molar-refractivity contribution is -0.0546. The third-order valence-corrected chi connectivity index (χ3v) is 3.53. The van der Waals surface area contributed by atoms with Crippen molar-refractivity contribution in [2.24, 2.45) is 5.73 Å². The van der Waals surface area contributed by atoms with Crippen molar-refractivity contribution < 1.29 is 5.11 Å². The first-order chi connectivity index (χ1) is 7.16. The van der Waals surface area contributed by atoms with Crippen molar-refractivity contribution in [3.8, 4) is 0 Å². The Bertz CT molecular complexity index is 164. The first kappa shape index (κ1) is 13.0. The highest BCUT2D eigenvalue weighted by atomic mass is 16.3. The Morgan fingerprint density at radius 2 is 1.60 bits per heavy atom. The van der Waals surface area contributed by atoms with E-state index in [4.69, 9.17) is 5.73 Å². The molecule has 1 aliphatic carbocycles. The molecule has 15 heavy (non-hydrogen) atoms. The molecule has 0 aromatic carbocycles. The third-order valence-electron chi connectivity index (χ3n) is 3.53. The van der Waals surface area contributed by atoms with Crippen molar-refractivity contribution in [2.45, 2.75) is 82.8 Å². The van der Waals surface area contributed by atoms with Crippen LogP contribution in [0.3, 0.4) is 0 Å². The highest BCUT2D eigenvalue weighted by Crippen LogP contribution is 2.35. The summed E-state index contributed by atoms with van der Waals surface area (Å²) in [6, 6.07) is 0.263. The molecule has 0 aliphatic heterocycles. The Hall–Kier alpha value is -0.0800. The number of hydrogen-bond donors (Lipinski definition) is 2. The fraction of sp³-hybridized carbons (Fsp3) is 1.00. The first-order valence-corrected chi connectivity index (χ1v) is 6.64. The summed E-state index contributed by atoms with van der Waals surface area (Å²) in [7, 11) is 0. The van der Waals surface area contributed by atoms with E-state index in [9.17, 15) is 5.11 Å². The molecule has 0 saturated heterocycles. The molecule has 0 atom stereocenters. The van der Waals surface area contributed by atoms with E-state index in [-0.39, 0.29) is 11.6 Å². The van der Waals surface area contributed by atoms with Crippen LogP contribution in [0.5, 0.6) is 0 Å². The van der Waals surface area contributed by atoms with Crippen LogP contribution in [0.25, 0.3) is 0 Å². The van der Waals surface area contributed by atoms with Gasteiger partial charge in [-0.25, -0.2) is 0 Å². The molecule has 0 amide bonds. The summed E-state index contributed by atoms with van der Waals surface area (Å²) in [5.41, 5.74) is 5.29. The summed E-state index contributed by atoms with van der Waals surface area (Å²) >= 11 is 0. The van der Waals surface area contributed by atoms with Crippen molar-refractivity contribution in [3.05, 3.63) is 0 Å². The highest BCUT2D eigenvalue weighted by Gasteiger charge is 2.39. The van der Waals surface area contributed by atoms with Gasteiger partial charge in [0.05, 0.1) is 5.60 Å². The summed E-state index contributed by atoms with van der Waals surface area (Å²) < 4.78 is 0. The quantitative estimate of drug-likeness (QED) is 0.609. The Labute approximate surface area is 94.2 Å². The maximum atomic E-state index is 9.94. The molecule has 0 spiro atoms. The number of rotatable bonds is 8. The maximum Gasteiger partial charge on any atom is 0.0677 e. The van der Waals surface area contributed by atoms with E-state index >= 15 is 0 Å². The Morgan fingerprint density at radius 1 is 1.07 bits per heavy atom. The maximum absolute atomic E-state index is 9.94. The van der Waals surface area contributed by atoms with Gasteiger partial charge < -0.3 is 10.8 Å². The standard InChI is InChI=1S/C13H27NO/c1-2-3-4-5-6-7-8-9-13(15)10-12(14)11-13/h12,15H,2-11,14H2,1H3. The molecule has 1 rings (SSSR count). The predicted octanol–water partition coefficient (Wildman–Crippen LogP) is 2.98. The fourth-order valence-electron chi connectivity index (χ4n) is 2.53. The fourth-order valence-corrected chi connectivity index (χ4v) is 2.53. The highest BCUT2D eigenvalue weighted by molar-refractivity contribution is 4.96. The summed E-state index contributed by atoms with van der Waals surface area (Å²) in [5.74, 6) is 0. The van der Waals surface area contributed by atoms with Crippen molar-refractivity contribution in [3.63, 3.8) is 0 Å². The van der Waals surface area contributed by atoms with Crippen LogP contribution in [0.1, 0.15) is 71.1 Å². The average molecular weight is 213 g/mol. The molecule has 0 heterocycles. The van der Waals surface area contributed by atoms with Gasteiger partial charge in [0.15, 0.2) is 0 Å². The molecule has 1 saturated carbocycles. The van der Waals surface area contributed by atoms with Gasteiger partial charge in [-0.15, -0.1) is 0 Å². The van der Waals surface area contributed by atoms with Gasteiger partial charge in [-0.3, -0.25) is 0 Å². The Balaban J connectivity index is 1.85. The van der Waals surface area contributed by atoms with Gasteiger partial charge in [-0.2, -0.15) is 0 Å². The van der Waals surface area contributed by atoms with Crippen molar-refractivity contribution >= 4 is 0 Å². The van der Waals surface area contributed by atoms with Crippen molar-refractivity contribution in [1.82, 2.24) is 0 Å². The van der Waals surface area contributed by atoms with Gasteiger partial charge in [0.2, 0.25) is 0 Å². The van der Waals surface area contributed by atoms with E-state index in [2.05, 4.69) is 6.92 Å². The minimum atomic E-state index is -0.386. The van der Waals surface area contributed by atoms with E-state index < -0.39 is 0 Å². The average Bonchev–Trinajstić information content (AvgIpc) is 2.14. The van der Waals surface area contributed by atoms with E-state index in [0.717, 1.165) is 19.3 Å². The van der Waals surface area contributed by atoms with Gasteiger partial charge >= 0.3 is 0 Å². The second-order valence-corrected chi connectivity index (χ2v) is 5.26. The minimum absolute atomic E-state index is 0.263. The zero-order chi connectivity index (χ0) is 11.1. The van der Waals surface area contributed by atoms with Crippen molar-refractivity contribution in [1.29, 1.82) is 0 Å². The van der Waals surface area contributed by atoms with Crippen LogP contribution in [0.2, 0.25) is 0 Å². The lowest BCUT2D eigenvalue weighted by Gasteiger charge is -2.42. The van der Waals surface area contributed by atoms with E-state index in [1.54, 1.807) is 0 Å². The molecule has 1 fully saturated rings. The van der Waals surface area contributed by atoms with Gasteiger partial charge in [0, 0.05) is 6.04 Å². The van der Waals surface area contributed by atoms with Gasteiger partial charge in [0.25, 0.3) is 0 Å². The summed E-state index contributed by atoms with van der Waals surface area (Å²) in [5, 5.41) is 9.94. The molecule has 1 aliphatic rings. The number of nitrogens with two attached hydrogens (primary N) is 1. The normalized spacial score (nSPS) is 30.2. The minimum Gasteiger partial charge on any atom is -0.390 e. The molecule has 3 N–H and O–H groups in total. The Morgan fingerprint density at radius 3 is 2.13 bits per heavy atom. The van der Waals surface area contributed by atoms with Crippen LogP contribution in [0, 0.1) is 0 Å². The first-order valence-electron chi connectivity index (χ1n) is 6.64. The molecule has 0 unspecified atom stereocenters. The summed E-state index contributed by atoms with van der Waals surface area (Å²) in [6.07, 6.45) is 11.8. The largest absolute Gasteiger partial charge is 0.390 e. The smallest absolute Gasteiger partial charge is 0.0677 e. The van der Waals surface area contributed by atoms with Crippen LogP contribution in [-0.4, -0.2) is 16.7 Å². The van der Waals surface area contributed by atoms with Crippen LogP contribution in [0.4, 0.5) is 0 Å². The molecule has 2 heteroatoms. The third kappa shape index (κ3) is 4.98. The van der Waals surface area contributed by atoms with Crippen LogP contribution in [0.15, 0.2) is 0 Å². The Kier molecular flexibility index (Phi) is 5.62. The number of hydrogen-bond acceptors (Lipinski definition) is 2. The van der Waals surface area contributed by atoms with Crippen LogP contribution >= 0.6 is 0 Å². The van der Waals surface area contributed by atoms with Gasteiger partial charge in [0.1, 0.15) is 0 Å². The molecule has 90 valence electrons. The summed E-state index contributed by atoms with van der Waals surface area (Å²) in [4.78, 5) is 0. The van der Waals surface area contributed by atoms with Crippen molar-refractivity contribution in [2.75, 3.05) is 0 Å². The predicted molar refractivity (Wildman–Crippen MR) is 64.8 cm³/mol. The molecule has 0 bridgehead atoms. The monoisotopic (exact) mass is 213 g/mol. The number of unbranched alkanes of at least 4 members (excludes halogenated alkanes) is 6. The van der Waals surface area contributed by atoms with Gasteiger partial charge in [-0.1, -0.05) is 51.9 Å². The van der Waals surface area contributed by atoms with Crippen LogP contribution in [-0.2, 0) is 0 Å². The zero-order valence-corrected chi connectivity index (χ0v) is 10.2. The topological polar surface area (TPSA) is 46.2 Å². The zero-order valence-electron chi connectivity index (χ0n) is 10.2. The molecule has 0 aromatic rings. The molecule has 0 radical (unpaired) electrons. The second-order valence-electron chi connectivity index (χ2n) is 5.26. The lowest BCUT2D eigenvalue weighted by atomic mass is 9.73. The second kappa shape index (κ2) is 6.49. The lowest BCUT2D eigenvalue weighted by Crippen LogP contribution is -2.51. The number of aliphatic hydroxyl groups is 1. The molecular formula is C13H27NO. The summed E-state index contributed by atoms with van der Waals surface area (Å²) in [6.45, 7) is 2.25. The van der Waals surface area contributed by atoms with E-state index in [1.807, 2.05) is 0 Å². The molecule has 0 aromatic heterocycles.